The number of rotatable bonds is 0. The highest BCUT2D eigenvalue weighted by Crippen LogP contribution is 2.37. The molecule has 0 spiro atoms. The molecule has 6 aromatic rings. The van der Waals surface area contributed by atoms with Crippen LogP contribution in [0.25, 0.3) is 0 Å². The number of ether oxygens (including phenoxy) is 1. The predicted octanol–water partition coefficient (Wildman–Crippen LogP) is 10.1. The average Bonchev–Trinajstić information content (AvgIpc) is 3.07. The first-order valence-electron chi connectivity index (χ1n) is 14.9. The predicted molar refractivity (Wildman–Crippen MR) is 178 cm³/mol. The van der Waals surface area contributed by atoms with Gasteiger partial charge < -0.3 is 15.0 Å². The van der Waals surface area contributed by atoms with Crippen LogP contribution in [0.2, 0.25) is 0 Å². The number of benzene rings is 6. The van der Waals surface area contributed by atoms with E-state index in [4.69, 9.17) is 4.74 Å². The standard InChI is InChI=1S/C14H13N.C13H11N.C13H10O/c1-15-13-8-4-2-6-11(13)10-12-7-3-5-9-14(12)15;2*1-3-7-12-10(5-1)9-11-6-2-4-8-13(11)14-12/h2-9H,10H2,1H3;1-8,14H,9H2;1-8H,9H2. The first kappa shape index (κ1) is 26.6. The first-order chi connectivity index (χ1) is 21.2. The van der Waals surface area contributed by atoms with Crippen molar-refractivity contribution in [1.29, 1.82) is 0 Å². The molecule has 3 aliphatic rings. The number of nitrogens with zero attached hydrogens (tertiary/aromatic N) is 1. The second-order valence-electron chi connectivity index (χ2n) is 11.1. The smallest absolute Gasteiger partial charge is 0.130 e. The van der Waals surface area contributed by atoms with Crippen LogP contribution in [0, 0.1) is 0 Å². The number of hydrogen-bond donors (Lipinski definition) is 1. The summed E-state index contributed by atoms with van der Waals surface area (Å²) in [5.74, 6) is 1.98. The molecule has 3 heterocycles. The molecule has 0 atom stereocenters. The van der Waals surface area contributed by atoms with Crippen LogP contribution >= 0.6 is 0 Å². The molecule has 0 radical (unpaired) electrons. The number of para-hydroxylation sites is 6. The third-order valence-electron chi connectivity index (χ3n) is 8.32. The van der Waals surface area contributed by atoms with Crippen molar-refractivity contribution >= 4 is 22.7 Å². The Labute approximate surface area is 254 Å². The lowest BCUT2D eigenvalue weighted by Gasteiger charge is -2.29. The Morgan fingerprint density at radius 2 is 0.767 bits per heavy atom. The van der Waals surface area contributed by atoms with Gasteiger partial charge in [-0.3, -0.25) is 0 Å². The van der Waals surface area contributed by atoms with Crippen molar-refractivity contribution in [3.63, 3.8) is 0 Å². The van der Waals surface area contributed by atoms with E-state index in [1.807, 2.05) is 24.3 Å². The summed E-state index contributed by atoms with van der Waals surface area (Å²) < 4.78 is 5.78. The van der Waals surface area contributed by atoms with Crippen LogP contribution < -0.4 is 15.0 Å². The van der Waals surface area contributed by atoms with Crippen LogP contribution in [0.1, 0.15) is 33.4 Å². The number of anilines is 4. The van der Waals surface area contributed by atoms with Crippen LogP contribution in [0.5, 0.6) is 11.5 Å². The van der Waals surface area contributed by atoms with Gasteiger partial charge in [-0.1, -0.05) is 109 Å². The lowest BCUT2D eigenvalue weighted by Crippen LogP contribution is -2.18. The monoisotopic (exact) mass is 558 g/mol. The van der Waals surface area contributed by atoms with Crippen LogP contribution in [-0.2, 0) is 19.3 Å². The van der Waals surface area contributed by atoms with E-state index < -0.39 is 0 Å². The normalized spacial score (nSPS) is 12.8. The molecule has 0 amide bonds. The maximum absolute atomic E-state index is 5.78. The molecule has 0 fully saturated rings. The van der Waals surface area contributed by atoms with Crippen molar-refractivity contribution < 1.29 is 4.74 Å². The van der Waals surface area contributed by atoms with E-state index in [9.17, 15) is 0 Å². The third-order valence-corrected chi connectivity index (χ3v) is 8.32. The van der Waals surface area contributed by atoms with Gasteiger partial charge in [-0.25, -0.2) is 0 Å². The summed E-state index contributed by atoms with van der Waals surface area (Å²) in [5, 5.41) is 3.44. The zero-order valence-corrected chi connectivity index (χ0v) is 24.3. The Morgan fingerprint density at radius 3 is 1.28 bits per heavy atom. The highest BCUT2D eigenvalue weighted by atomic mass is 16.5. The average molecular weight is 559 g/mol. The minimum absolute atomic E-state index is 0.979. The molecular formula is C40H34N2O. The molecule has 3 aliphatic heterocycles. The molecule has 9 rings (SSSR count). The number of hydrogen-bond acceptors (Lipinski definition) is 3. The summed E-state index contributed by atoms with van der Waals surface area (Å²) in [6.07, 6.45) is 3.07. The summed E-state index contributed by atoms with van der Waals surface area (Å²) in [6, 6.07) is 50.5. The van der Waals surface area contributed by atoms with E-state index in [-0.39, 0.29) is 0 Å². The molecular weight excluding hydrogens is 524 g/mol. The Bertz CT molecular complexity index is 1580. The van der Waals surface area contributed by atoms with Crippen molar-refractivity contribution in [1.82, 2.24) is 0 Å². The van der Waals surface area contributed by atoms with E-state index in [0.717, 1.165) is 30.8 Å². The van der Waals surface area contributed by atoms with Crippen molar-refractivity contribution in [2.45, 2.75) is 19.3 Å². The highest BCUT2D eigenvalue weighted by Gasteiger charge is 2.18. The van der Waals surface area contributed by atoms with E-state index in [0.29, 0.717) is 0 Å². The van der Waals surface area contributed by atoms with Gasteiger partial charge in [0.2, 0.25) is 0 Å². The molecule has 3 heteroatoms. The fourth-order valence-corrected chi connectivity index (χ4v) is 6.08. The van der Waals surface area contributed by atoms with Crippen LogP contribution in [0.15, 0.2) is 146 Å². The summed E-state index contributed by atoms with van der Waals surface area (Å²) >= 11 is 0. The molecule has 0 saturated heterocycles. The minimum atomic E-state index is 0.979. The van der Waals surface area contributed by atoms with Gasteiger partial charge in [0.05, 0.1) is 0 Å². The van der Waals surface area contributed by atoms with Crippen molar-refractivity contribution in [3.05, 3.63) is 179 Å². The minimum Gasteiger partial charge on any atom is -0.457 e. The van der Waals surface area contributed by atoms with Gasteiger partial charge in [0.25, 0.3) is 0 Å². The zero-order chi connectivity index (χ0) is 29.0. The molecule has 0 bridgehead atoms. The van der Waals surface area contributed by atoms with E-state index >= 15 is 0 Å². The van der Waals surface area contributed by atoms with Crippen molar-refractivity contribution in [3.8, 4) is 11.5 Å². The second kappa shape index (κ2) is 11.9. The lowest BCUT2D eigenvalue weighted by molar-refractivity contribution is 0.460. The first-order valence-corrected chi connectivity index (χ1v) is 14.9. The van der Waals surface area contributed by atoms with Crippen molar-refractivity contribution in [2.24, 2.45) is 0 Å². The molecule has 0 aliphatic carbocycles. The second-order valence-corrected chi connectivity index (χ2v) is 11.1. The lowest BCUT2D eigenvalue weighted by atomic mass is 9.96. The Morgan fingerprint density at radius 1 is 0.419 bits per heavy atom. The van der Waals surface area contributed by atoms with Crippen LogP contribution in [0.4, 0.5) is 22.7 Å². The number of fused-ring (bicyclic) bond motifs is 6. The summed E-state index contributed by atoms with van der Waals surface area (Å²) in [5.41, 5.74) is 13.3. The van der Waals surface area contributed by atoms with Gasteiger partial charge in [-0.15, -0.1) is 0 Å². The molecule has 1 N–H and O–H groups in total. The maximum Gasteiger partial charge on any atom is 0.130 e. The molecule has 210 valence electrons. The maximum atomic E-state index is 5.78. The van der Waals surface area contributed by atoms with Crippen LogP contribution in [0.3, 0.4) is 0 Å². The van der Waals surface area contributed by atoms with Gasteiger partial charge in [-0.2, -0.15) is 0 Å². The van der Waals surface area contributed by atoms with Gasteiger partial charge in [-0.05, 0) is 69.8 Å². The Balaban J connectivity index is 0.000000105. The topological polar surface area (TPSA) is 24.5 Å². The molecule has 0 unspecified atom stereocenters. The Hall–Kier alpha value is -5.28. The van der Waals surface area contributed by atoms with Gasteiger partial charge >= 0.3 is 0 Å². The zero-order valence-electron chi connectivity index (χ0n) is 24.3. The highest BCUT2D eigenvalue weighted by molar-refractivity contribution is 5.73. The van der Waals surface area contributed by atoms with Gasteiger partial charge in [0, 0.05) is 49.1 Å². The van der Waals surface area contributed by atoms with Crippen LogP contribution in [-0.4, -0.2) is 7.05 Å². The molecule has 0 saturated carbocycles. The number of nitrogens with one attached hydrogen (secondary N) is 1. The molecule has 43 heavy (non-hydrogen) atoms. The van der Waals surface area contributed by atoms with E-state index in [2.05, 4.69) is 139 Å². The van der Waals surface area contributed by atoms with Crippen molar-refractivity contribution in [2.75, 3.05) is 17.3 Å². The quantitative estimate of drug-likeness (QED) is 0.200. The Kier molecular flexibility index (Phi) is 7.37. The fourth-order valence-electron chi connectivity index (χ4n) is 6.08. The SMILES string of the molecule is CN1c2ccccc2Cc2ccccc21.c1ccc2c(c1)Cc1ccccc1N2.c1ccc2c(c1)Cc1ccccc1O2. The third kappa shape index (κ3) is 5.62. The summed E-state index contributed by atoms with van der Waals surface area (Å²) in [4.78, 5) is 2.27. The van der Waals surface area contributed by atoms with Gasteiger partial charge in [0.1, 0.15) is 11.5 Å². The van der Waals surface area contributed by atoms with Gasteiger partial charge in [0.15, 0.2) is 0 Å². The molecule has 0 aromatic heterocycles. The van der Waals surface area contributed by atoms with E-state index in [1.165, 1.54) is 56.1 Å². The van der Waals surface area contributed by atoms with E-state index in [1.54, 1.807) is 0 Å². The summed E-state index contributed by atoms with van der Waals surface area (Å²) in [6.45, 7) is 0. The molecule has 3 nitrogen and oxygen atoms in total. The molecule has 6 aromatic carbocycles. The fraction of sp³-hybridized carbons (Fsp3) is 0.100. The summed E-state index contributed by atoms with van der Waals surface area (Å²) in [7, 11) is 2.14. The largest absolute Gasteiger partial charge is 0.457 e.